The Hall–Kier alpha value is -4.10. The number of anilines is 1. The highest BCUT2D eigenvalue weighted by Crippen LogP contribution is 2.35. The standard InChI is InChI=1S/C34H31N/c1-4-10-31-25(5-2)12-8-15-33(31)27-17-21-29(22-18-27)35(3)30-23-19-28(20-24-30)34-16-9-13-26-11-6-7-14-32(26)34/h4-19,21-23H,2,20,24H2,1,3H3. The molecule has 1 nitrogen and oxygen atoms in total. The van der Waals surface area contributed by atoms with E-state index in [9.17, 15) is 0 Å². The molecule has 0 saturated heterocycles. The Morgan fingerprint density at radius 3 is 2.26 bits per heavy atom. The second kappa shape index (κ2) is 10.0. The fraction of sp³-hybridized carbons (Fsp3) is 0.118. The molecule has 1 aliphatic carbocycles. The molecule has 0 spiro atoms. The molecule has 172 valence electrons. The van der Waals surface area contributed by atoms with Crippen molar-refractivity contribution < 1.29 is 0 Å². The van der Waals surface area contributed by atoms with Crippen molar-refractivity contribution in [3.8, 4) is 11.1 Å². The monoisotopic (exact) mass is 453 g/mol. The molecule has 0 atom stereocenters. The lowest BCUT2D eigenvalue weighted by Gasteiger charge is -2.26. The number of hydrogen-bond acceptors (Lipinski definition) is 1. The van der Waals surface area contributed by atoms with Crippen LogP contribution < -0.4 is 4.90 Å². The van der Waals surface area contributed by atoms with E-state index in [2.05, 4.69) is 135 Å². The van der Waals surface area contributed by atoms with Crippen LogP contribution in [0.1, 0.15) is 36.5 Å². The first-order valence-electron chi connectivity index (χ1n) is 12.3. The van der Waals surface area contributed by atoms with Crippen LogP contribution in [0, 0.1) is 0 Å². The van der Waals surface area contributed by atoms with Gasteiger partial charge in [0.1, 0.15) is 0 Å². The van der Waals surface area contributed by atoms with E-state index in [0.29, 0.717) is 0 Å². The highest BCUT2D eigenvalue weighted by Gasteiger charge is 2.15. The third kappa shape index (κ3) is 4.50. The van der Waals surface area contributed by atoms with E-state index < -0.39 is 0 Å². The normalized spacial score (nSPS) is 13.5. The largest absolute Gasteiger partial charge is 0.348 e. The van der Waals surface area contributed by atoms with Crippen molar-refractivity contribution in [3.63, 3.8) is 0 Å². The van der Waals surface area contributed by atoms with Crippen molar-refractivity contribution in [1.29, 1.82) is 0 Å². The molecule has 0 N–H and O–H groups in total. The van der Waals surface area contributed by atoms with E-state index >= 15 is 0 Å². The van der Waals surface area contributed by atoms with Gasteiger partial charge in [-0.05, 0) is 82.1 Å². The Labute approximate surface area is 209 Å². The predicted octanol–water partition coefficient (Wildman–Crippen LogP) is 9.38. The van der Waals surface area contributed by atoms with Crippen molar-refractivity contribution in [2.24, 2.45) is 0 Å². The SMILES string of the molecule is C=Cc1cccc(-c2ccc(N(C)C3=CC=C(c4cccc5ccccc45)CC3)cc2)c1C=CC. The number of nitrogens with zero attached hydrogens (tertiary/aromatic N) is 1. The Bertz CT molecular complexity index is 1460. The van der Waals surface area contributed by atoms with Gasteiger partial charge < -0.3 is 4.90 Å². The Kier molecular flexibility index (Phi) is 6.50. The summed E-state index contributed by atoms with van der Waals surface area (Å²) in [6.07, 6.45) is 12.8. The second-order valence-corrected chi connectivity index (χ2v) is 9.00. The van der Waals surface area contributed by atoms with Crippen LogP contribution in [0.3, 0.4) is 0 Å². The van der Waals surface area contributed by atoms with Crippen LogP contribution in [0.25, 0.3) is 39.6 Å². The summed E-state index contributed by atoms with van der Waals surface area (Å²) < 4.78 is 0. The number of fused-ring (bicyclic) bond motifs is 1. The minimum Gasteiger partial charge on any atom is -0.348 e. The third-order valence-corrected chi connectivity index (χ3v) is 6.95. The van der Waals surface area contributed by atoms with Gasteiger partial charge in [0.2, 0.25) is 0 Å². The fourth-order valence-electron chi connectivity index (χ4n) is 5.03. The van der Waals surface area contributed by atoms with Crippen LogP contribution in [0.2, 0.25) is 0 Å². The number of benzene rings is 4. The minimum atomic E-state index is 1.03. The summed E-state index contributed by atoms with van der Waals surface area (Å²) in [5, 5.41) is 2.63. The first-order valence-corrected chi connectivity index (χ1v) is 12.3. The van der Waals surface area contributed by atoms with Crippen molar-refractivity contribution in [1.82, 2.24) is 0 Å². The second-order valence-electron chi connectivity index (χ2n) is 9.00. The first kappa shape index (κ1) is 22.7. The van der Waals surface area contributed by atoms with Crippen LogP contribution in [-0.2, 0) is 0 Å². The van der Waals surface area contributed by atoms with Gasteiger partial charge in [0.05, 0.1) is 0 Å². The third-order valence-electron chi connectivity index (χ3n) is 6.95. The van der Waals surface area contributed by atoms with E-state index in [4.69, 9.17) is 0 Å². The zero-order chi connectivity index (χ0) is 24.2. The summed E-state index contributed by atoms with van der Waals surface area (Å²) in [5.41, 5.74) is 10.1. The lowest BCUT2D eigenvalue weighted by Crippen LogP contribution is -2.17. The molecule has 4 aromatic rings. The maximum absolute atomic E-state index is 3.99. The van der Waals surface area contributed by atoms with Gasteiger partial charge >= 0.3 is 0 Å². The molecule has 0 heterocycles. The molecule has 1 aliphatic rings. The van der Waals surface area contributed by atoms with E-state index in [1.807, 2.05) is 6.08 Å². The lowest BCUT2D eigenvalue weighted by molar-refractivity contribution is 0.908. The summed E-state index contributed by atoms with van der Waals surface area (Å²) in [5.74, 6) is 0. The average molecular weight is 454 g/mol. The van der Waals surface area contributed by atoms with Crippen molar-refractivity contribution in [2.45, 2.75) is 19.8 Å². The van der Waals surface area contributed by atoms with Gasteiger partial charge in [-0.25, -0.2) is 0 Å². The van der Waals surface area contributed by atoms with Gasteiger partial charge in [-0.15, -0.1) is 0 Å². The average Bonchev–Trinajstić information content (AvgIpc) is 2.93. The molecular weight excluding hydrogens is 422 g/mol. The molecule has 4 aromatic carbocycles. The van der Waals surface area contributed by atoms with Gasteiger partial charge in [-0.2, -0.15) is 0 Å². The van der Waals surface area contributed by atoms with Crippen LogP contribution in [0.5, 0.6) is 0 Å². The molecule has 0 aromatic heterocycles. The fourth-order valence-corrected chi connectivity index (χ4v) is 5.03. The number of hydrogen-bond donors (Lipinski definition) is 0. The maximum atomic E-state index is 3.99. The van der Waals surface area contributed by atoms with E-state index in [1.165, 1.54) is 50.0 Å². The highest BCUT2D eigenvalue weighted by molar-refractivity contribution is 5.94. The van der Waals surface area contributed by atoms with Crippen molar-refractivity contribution in [2.75, 3.05) is 11.9 Å². The molecule has 0 saturated carbocycles. The zero-order valence-corrected chi connectivity index (χ0v) is 20.5. The molecule has 0 radical (unpaired) electrons. The van der Waals surface area contributed by atoms with Crippen molar-refractivity contribution >= 4 is 34.2 Å². The summed E-state index contributed by atoms with van der Waals surface area (Å²) in [6.45, 7) is 6.04. The molecule has 0 unspecified atom stereocenters. The predicted molar refractivity (Wildman–Crippen MR) is 154 cm³/mol. The number of rotatable bonds is 6. The molecule has 0 amide bonds. The van der Waals surface area contributed by atoms with Crippen LogP contribution in [0.15, 0.2) is 115 Å². The quantitative estimate of drug-likeness (QED) is 0.281. The van der Waals surface area contributed by atoms with Gasteiger partial charge in [0.15, 0.2) is 0 Å². The summed E-state index contributed by atoms with van der Waals surface area (Å²) >= 11 is 0. The van der Waals surface area contributed by atoms with E-state index in [0.717, 1.165) is 18.4 Å². The molecule has 35 heavy (non-hydrogen) atoms. The van der Waals surface area contributed by atoms with Gasteiger partial charge in [0.25, 0.3) is 0 Å². The van der Waals surface area contributed by atoms with Crippen molar-refractivity contribution in [3.05, 3.63) is 132 Å². The topological polar surface area (TPSA) is 3.24 Å². The summed E-state index contributed by atoms with van der Waals surface area (Å²) in [7, 11) is 2.17. The van der Waals surface area contributed by atoms with E-state index in [1.54, 1.807) is 0 Å². The molecule has 1 heteroatoms. The zero-order valence-electron chi connectivity index (χ0n) is 20.5. The van der Waals surface area contributed by atoms with Crippen LogP contribution in [0.4, 0.5) is 5.69 Å². The Morgan fingerprint density at radius 1 is 0.771 bits per heavy atom. The molecule has 0 aliphatic heterocycles. The summed E-state index contributed by atoms with van der Waals surface area (Å²) in [6, 6.07) is 30.6. The van der Waals surface area contributed by atoms with Crippen LogP contribution in [-0.4, -0.2) is 7.05 Å². The maximum Gasteiger partial charge on any atom is 0.0406 e. The smallest absolute Gasteiger partial charge is 0.0406 e. The summed E-state index contributed by atoms with van der Waals surface area (Å²) in [4.78, 5) is 2.31. The minimum absolute atomic E-state index is 1.03. The molecule has 5 rings (SSSR count). The Morgan fingerprint density at radius 2 is 1.51 bits per heavy atom. The van der Waals surface area contributed by atoms with E-state index in [-0.39, 0.29) is 0 Å². The highest BCUT2D eigenvalue weighted by atomic mass is 15.1. The molecular formula is C34H31N. The Balaban J connectivity index is 1.40. The van der Waals surface area contributed by atoms with Gasteiger partial charge in [0, 0.05) is 18.4 Å². The first-order chi connectivity index (χ1) is 17.2. The molecule has 0 bridgehead atoms. The number of allylic oxidation sites excluding steroid dienone is 5. The lowest BCUT2D eigenvalue weighted by atomic mass is 9.91. The van der Waals surface area contributed by atoms with Gasteiger partial charge in [-0.3, -0.25) is 0 Å². The molecule has 0 fully saturated rings. The van der Waals surface area contributed by atoms with Gasteiger partial charge in [-0.1, -0.05) is 104 Å². The van der Waals surface area contributed by atoms with Crippen LogP contribution >= 0.6 is 0 Å².